The predicted octanol–water partition coefficient (Wildman–Crippen LogP) is 3.25. The lowest BCUT2D eigenvalue weighted by Crippen LogP contribution is -2.25. The maximum absolute atomic E-state index is 13.6. The quantitative estimate of drug-likeness (QED) is 0.757. The van der Waals surface area contributed by atoms with Crippen LogP contribution in [0.2, 0.25) is 0 Å². The Bertz CT molecular complexity index is 925. The van der Waals surface area contributed by atoms with Crippen molar-refractivity contribution in [3.63, 3.8) is 0 Å². The maximum atomic E-state index is 13.6. The molecule has 0 radical (unpaired) electrons. The van der Waals surface area contributed by atoms with Gasteiger partial charge in [-0.2, -0.15) is 0 Å². The van der Waals surface area contributed by atoms with E-state index in [2.05, 4.69) is 10.2 Å². The fraction of sp³-hybridized carbons (Fsp3) is 0.364. The Hall–Kier alpha value is -2.93. The third kappa shape index (κ3) is 4.56. The Balaban J connectivity index is 1.58. The lowest BCUT2D eigenvalue weighted by atomic mass is 10.0. The zero-order chi connectivity index (χ0) is 20.2. The summed E-state index contributed by atoms with van der Waals surface area (Å²) in [6.07, 6.45) is 2.66. The predicted molar refractivity (Wildman–Crippen MR) is 106 cm³/mol. The number of ether oxygens (including phenoxy) is 2. The molecule has 7 heteroatoms. The van der Waals surface area contributed by atoms with Gasteiger partial charge in [0.15, 0.2) is 17.3 Å². The molecule has 0 saturated carbocycles. The highest BCUT2D eigenvalue weighted by Gasteiger charge is 2.22. The number of hydrogen-bond acceptors (Lipinski definition) is 5. The third-order valence-electron chi connectivity index (χ3n) is 5.14. The molecule has 152 valence electrons. The molecule has 2 aliphatic rings. The summed E-state index contributed by atoms with van der Waals surface area (Å²) in [6, 6.07) is 8.64. The number of likely N-dealkylation sites (tertiary alicyclic amines) is 1. The molecule has 1 amide bonds. The number of nitrogens with one attached hydrogen (secondary N) is 1. The van der Waals surface area contributed by atoms with Crippen LogP contribution < -0.4 is 14.8 Å². The highest BCUT2D eigenvalue weighted by molar-refractivity contribution is 6.14. The number of benzene rings is 2. The van der Waals surface area contributed by atoms with Gasteiger partial charge in [0, 0.05) is 24.6 Å². The standard InChI is InChI=1S/C22H23FN2O4/c23-16-5-3-4-15(12-16)22(27)17-13-19-20(29-11-10-28-19)14-18(17)24-21(26)6-9-25-7-1-2-8-25/h3-5,12-14H,1-2,6-11H2,(H,24,26). The van der Waals surface area contributed by atoms with Crippen LogP contribution in [0.5, 0.6) is 11.5 Å². The van der Waals surface area contributed by atoms with Gasteiger partial charge in [-0.25, -0.2) is 4.39 Å². The zero-order valence-electron chi connectivity index (χ0n) is 16.1. The van der Waals surface area contributed by atoms with Gasteiger partial charge in [-0.15, -0.1) is 0 Å². The molecule has 4 rings (SSSR count). The van der Waals surface area contributed by atoms with Crippen molar-refractivity contribution in [1.82, 2.24) is 4.90 Å². The number of carbonyl (C=O) groups excluding carboxylic acids is 2. The summed E-state index contributed by atoms with van der Waals surface area (Å²) in [5, 5.41) is 2.83. The molecule has 0 unspecified atom stereocenters. The molecule has 6 nitrogen and oxygen atoms in total. The summed E-state index contributed by atoms with van der Waals surface area (Å²) in [5.74, 6) is -0.157. The highest BCUT2D eigenvalue weighted by atomic mass is 19.1. The van der Waals surface area contributed by atoms with Crippen LogP contribution in [0.15, 0.2) is 36.4 Å². The van der Waals surface area contributed by atoms with Crippen molar-refractivity contribution >= 4 is 17.4 Å². The van der Waals surface area contributed by atoms with Crippen molar-refractivity contribution in [3.8, 4) is 11.5 Å². The van der Waals surface area contributed by atoms with E-state index in [-0.39, 0.29) is 17.0 Å². The molecule has 2 aromatic rings. The molecule has 1 saturated heterocycles. The van der Waals surface area contributed by atoms with E-state index < -0.39 is 11.6 Å². The maximum Gasteiger partial charge on any atom is 0.225 e. The van der Waals surface area contributed by atoms with E-state index >= 15 is 0 Å². The van der Waals surface area contributed by atoms with Crippen LogP contribution in [0.25, 0.3) is 0 Å². The number of ketones is 1. The van der Waals surface area contributed by atoms with Crippen LogP contribution >= 0.6 is 0 Å². The number of amides is 1. The van der Waals surface area contributed by atoms with E-state index in [4.69, 9.17) is 9.47 Å². The summed E-state index contributed by atoms with van der Waals surface area (Å²) in [5.41, 5.74) is 0.790. The Labute approximate surface area is 168 Å². The molecular weight excluding hydrogens is 375 g/mol. The van der Waals surface area contributed by atoms with Gasteiger partial charge in [0.05, 0.1) is 11.3 Å². The van der Waals surface area contributed by atoms with Crippen LogP contribution in [-0.4, -0.2) is 49.4 Å². The molecule has 0 spiro atoms. The number of halogens is 1. The smallest absolute Gasteiger partial charge is 0.225 e. The fourth-order valence-electron chi connectivity index (χ4n) is 3.64. The summed E-state index contributed by atoms with van der Waals surface area (Å²) >= 11 is 0. The van der Waals surface area contributed by atoms with E-state index in [0.29, 0.717) is 43.4 Å². The number of rotatable bonds is 6. The van der Waals surface area contributed by atoms with Crippen LogP contribution in [0.1, 0.15) is 35.2 Å². The van der Waals surface area contributed by atoms with Crippen LogP contribution in [0.4, 0.5) is 10.1 Å². The first-order chi connectivity index (χ1) is 14.1. The Morgan fingerprint density at radius 2 is 1.76 bits per heavy atom. The van der Waals surface area contributed by atoms with E-state index in [1.807, 2.05) is 0 Å². The highest BCUT2D eigenvalue weighted by Crippen LogP contribution is 2.36. The van der Waals surface area contributed by atoms with Gasteiger partial charge in [-0.1, -0.05) is 12.1 Å². The fourth-order valence-corrected chi connectivity index (χ4v) is 3.64. The van der Waals surface area contributed by atoms with Gasteiger partial charge in [-0.3, -0.25) is 9.59 Å². The molecule has 2 aliphatic heterocycles. The van der Waals surface area contributed by atoms with Crippen molar-refractivity contribution in [2.45, 2.75) is 19.3 Å². The second kappa shape index (κ2) is 8.61. The summed E-state index contributed by atoms with van der Waals surface area (Å²) in [7, 11) is 0. The van der Waals surface area contributed by atoms with Crippen molar-refractivity contribution < 1.29 is 23.5 Å². The first kappa shape index (κ1) is 19.4. The molecule has 29 heavy (non-hydrogen) atoms. The molecule has 1 N–H and O–H groups in total. The molecule has 0 atom stereocenters. The van der Waals surface area contributed by atoms with Gasteiger partial charge in [-0.05, 0) is 44.1 Å². The van der Waals surface area contributed by atoms with E-state index in [9.17, 15) is 14.0 Å². The van der Waals surface area contributed by atoms with Crippen LogP contribution in [0, 0.1) is 5.82 Å². The molecule has 2 aromatic carbocycles. The van der Waals surface area contributed by atoms with Crippen LogP contribution in [-0.2, 0) is 4.79 Å². The van der Waals surface area contributed by atoms with Gasteiger partial charge in [0.1, 0.15) is 19.0 Å². The van der Waals surface area contributed by atoms with E-state index in [1.54, 1.807) is 18.2 Å². The number of carbonyl (C=O) groups is 2. The molecular formula is C22H23FN2O4. The minimum Gasteiger partial charge on any atom is -0.486 e. The average Bonchev–Trinajstić information content (AvgIpc) is 3.25. The van der Waals surface area contributed by atoms with Gasteiger partial charge >= 0.3 is 0 Å². The molecule has 2 heterocycles. The first-order valence-electron chi connectivity index (χ1n) is 9.86. The van der Waals surface area contributed by atoms with Crippen molar-refractivity contribution in [1.29, 1.82) is 0 Å². The Kier molecular flexibility index (Phi) is 5.76. The largest absolute Gasteiger partial charge is 0.486 e. The number of anilines is 1. The zero-order valence-corrected chi connectivity index (χ0v) is 16.1. The monoisotopic (exact) mass is 398 g/mol. The van der Waals surface area contributed by atoms with Gasteiger partial charge in [0.25, 0.3) is 0 Å². The second-order valence-electron chi connectivity index (χ2n) is 7.23. The van der Waals surface area contributed by atoms with Crippen LogP contribution in [0.3, 0.4) is 0 Å². The molecule has 0 aromatic heterocycles. The minimum atomic E-state index is -0.496. The normalized spacial score (nSPS) is 15.9. The van der Waals surface area contributed by atoms with E-state index in [0.717, 1.165) is 25.9 Å². The first-order valence-corrected chi connectivity index (χ1v) is 9.86. The molecule has 0 bridgehead atoms. The van der Waals surface area contributed by atoms with Crippen molar-refractivity contribution in [3.05, 3.63) is 53.3 Å². The van der Waals surface area contributed by atoms with Crippen molar-refractivity contribution in [2.24, 2.45) is 0 Å². The SMILES string of the molecule is O=C(CCN1CCCC1)Nc1cc2c(cc1C(=O)c1cccc(F)c1)OCCO2. The number of fused-ring (bicyclic) bond motifs is 1. The van der Waals surface area contributed by atoms with E-state index in [1.165, 1.54) is 18.2 Å². The number of nitrogens with zero attached hydrogens (tertiary/aromatic N) is 1. The van der Waals surface area contributed by atoms with Crippen molar-refractivity contribution in [2.75, 3.05) is 38.2 Å². The minimum absolute atomic E-state index is 0.179. The third-order valence-corrected chi connectivity index (χ3v) is 5.14. The van der Waals surface area contributed by atoms with Gasteiger partial charge < -0.3 is 19.7 Å². The summed E-state index contributed by atoms with van der Waals surface area (Å²) in [6.45, 7) is 3.49. The Morgan fingerprint density at radius 3 is 2.48 bits per heavy atom. The number of hydrogen-bond donors (Lipinski definition) is 1. The second-order valence-corrected chi connectivity index (χ2v) is 7.23. The molecule has 0 aliphatic carbocycles. The lowest BCUT2D eigenvalue weighted by molar-refractivity contribution is -0.116. The average molecular weight is 398 g/mol. The Morgan fingerprint density at radius 1 is 1.03 bits per heavy atom. The lowest BCUT2D eigenvalue weighted by Gasteiger charge is -2.21. The molecule has 1 fully saturated rings. The topological polar surface area (TPSA) is 67.9 Å². The summed E-state index contributed by atoms with van der Waals surface area (Å²) in [4.78, 5) is 27.8. The summed E-state index contributed by atoms with van der Waals surface area (Å²) < 4.78 is 24.8. The van der Waals surface area contributed by atoms with Gasteiger partial charge in [0.2, 0.25) is 5.91 Å².